The number of nitriles is 1. The summed E-state index contributed by atoms with van der Waals surface area (Å²) in [6, 6.07) is 9.78. The highest BCUT2D eigenvalue weighted by atomic mass is 16.3. The van der Waals surface area contributed by atoms with Crippen molar-refractivity contribution < 1.29 is 5.11 Å². The zero-order valence-corrected chi connectivity index (χ0v) is 10.6. The molecule has 3 heteroatoms. The predicted molar refractivity (Wildman–Crippen MR) is 68.4 cm³/mol. The first-order valence-electron chi connectivity index (χ1n) is 5.96. The van der Waals surface area contributed by atoms with Crippen LogP contribution in [0.5, 0.6) is 0 Å². The van der Waals surface area contributed by atoms with Gasteiger partial charge in [0.15, 0.2) is 0 Å². The molecule has 0 heterocycles. The average Bonchev–Trinajstić information content (AvgIpc) is 2.35. The Balaban J connectivity index is 2.52. The SMILES string of the molecule is CC(NCC(O)C(C)C)c1ccc(C#N)cc1. The van der Waals surface area contributed by atoms with E-state index in [4.69, 9.17) is 5.26 Å². The first-order valence-corrected chi connectivity index (χ1v) is 5.96. The Labute approximate surface area is 103 Å². The molecule has 0 aliphatic heterocycles. The number of aliphatic hydroxyl groups is 1. The molecule has 0 aliphatic carbocycles. The van der Waals surface area contributed by atoms with Gasteiger partial charge in [0, 0.05) is 12.6 Å². The van der Waals surface area contributed by atoms with Crippen molar-refractivity contribution in [2.45, 2.75) is 32.9 Å². The molecule has 92 valence electrons. The molecule has 0 aromatic heterocycles. The van der Waals surface area contributed by atoms with Crippen LogP contribution in [0.1, 0.15) is 37.9 Å². The second-order valence-electron chi connectivity index (χ2n) is 4.68. The third-order valence-electron chi connectivity index (χ3n) is 2.94. The Hall–Kier alpha value is -1.37. The number of hydrogen-bond donors (Lipinski definition) is 2. The molecule has 2 unspecified atom stereocenters. The Morgan fingerprint density at radius 3 is 2.29 bits per heavy atom. The molecule has 0 bridgehead atoms. The summed E-state index contributed by atoms with van der Waals surface area (Å²) in [5.41, 5.74) is 1.79. The van der Waals surface area contributed by atoms with Gasteiger partial charge in [-0.15, -0.1) is 0 Å². The summed E-state index contributed by atoms with van der Waals surface area (Å²) in [4.78, 5) is 0. The van der Waals surface area contributed by atoms with Crippen molar-refractivity contribution in [1.29, 1.82) is 5.26 Å². The van der Waals surface area contributed by atoms with Crippen LogP contribution in [0.3, 0.4) is 0 Å². The molecular formula is C14H20N2O. The minimum Gasteiger partial charge on any atom is -0.392 e. The van der Waals surface area contributed by atoms with Crippen molar-refractivity contribution >= 4 is 0 Å². The maximum atomic E-state index is 9.70. The van der Waals surface area contributed by atoms with E-state index in [1.807, 2.05) is 38.1 Å². The van der Waals surface area contributed by atoms with E-state index in [0.717, 1.165) is 5.56 Å². The van der Waals surface area contributed by atoms with E-state index in [1.54, 1.807) is 0 Å². The predicted octanol–water partition coefficient (Wildman–Crippen LogP) is 2.23. The van der Waals surface area contributed by atoms with Crippen molar-refractivity contribution in [3.63, 3.8) is 0 Å². The van der Waals surface area contributed by atoms with Crippen LogP contribution in [0.2, 0.25) is 0 Å². The summed E-state index contributed by atoms with van der Waals surface area (Å²) in [6.07, 6.45) is -0.323. The molecule has 1 aromatic carbocycles. The zero-order valence-electron chi connectivity index (χ0n) is 10.6. The van der Waals surface area contributed by atoms with Crippen LogP contribution in [0.15, 0.2) is 24.3 Å². The number of nitrogens with one attached hydrogen (secondary N) is 1. The summed E-state index contributed by atoms with van der Waals surface area (Å²) in [6.45, 7) is 6.63. The minimum atomic E-state index is -0.323. The number of hydrogen-bond acceptors (Lipinski definition) is 3. The van der Waals surface area contributed by atoms with Gasteiger partial charge in [0.2, 0.25) is 0 Å². The van der Waals surface area contributed by atoms with Crippen LogP contribution in [0.4, 0.5) is 0 Å². The largest absolute Gasteiger partial charge is 0.392 e. The van der Waals surface area contributed by atoms with E-state index >= 15 is 0 Å². The quantitative estimate of drug-likeness (QED) is 0.818. The van der Waals surface area contributed by atoms with Crippen LogP contribution >= 0.6 is 0 Å². The fraction of sp³-hybridized carbons (Fsp3) is 0.500. The molecule has 2 N–H and O–H groups in total. The molecule has 0 aliphatic rings. The summed E-state index contributed by atoms with van der Waals surface area (Å²) in [5.74, 6) is 0.260. The van der Waals surface area contributed by atoms with Crippen LogP contribution in [-0.2, 0) is 0 Å². The molecule has 0 saturated heterocycles. The Kier molecular flexibility index (Phi) is 5.14. The van der Waals surface area contributed by atoms with Crippen LogP contribution in [-0.4, -0.2) is 17.8 Å². The maximum Gasteiger partial charge on any atom is 0.0991 e. The molecule has 0 saturated carbocycles. The van der Waals surface area contributed by atoms with Gasteiger partial charge >= 0.3 is 0 Å². The topological polar surface area (TPSA) is 56.0 Å². The van der Waals surface area contributed by atoms with Crippen LogP contribution in [0, 0.1) is 17.2 Å². The number of aliphatic hydroxyl groups excluding tert-OH is 1. The van der Waals surface area contributed by atoms with Crippen molar-refractivity contribution in [3.8, 4) is 6.07 Å². The highest BCUT2D eigenvalue weighted by Gasteiger charge is 2.11. The van der Waals surface area contributed by atoms with Gasteiger partial charge in [-0.05, 0) is 30.5 Å². The lowest BCUT2D eigenvalue weighted by Gasteiger charge is -2.19. The standard InChI is InChI=1S/C14H20N2O/c1-10(2)14(17)9-16-11(3)13-6-4-12(8-15)5-7-13/h4-7,10-11,14,16-17H,9H2,1-3H3. The van der Waals surface area contributed by atoms with Crippen LogP contribution in [0.25, 0.3) is 0 Å². The minimum absolute atomic E-state index is 0.177. The molecule has 3 nitrogen and oxygen atoms in total. The van der Waals surface area contributed by atoms with E-state index in [9.17, 15) is 5.11 Å². The van der Waals surface area contributed by atoms with E-state index < -0.39 is 0 Å². The molecule has 1 rings (SSSR count). The van der Waals surface area contributed by atoms with E-state index in [2.05, 4.69) is 18.3 Å². The van der Waals surface area contributed by atoms with E-state index in [0.29, 0.717) is 12.1 Å². The lowest BCUT2D eigenvalue weighted by molar-refractivity contribution is 0.120. The molecule has 0 fully saturated rings. The van der Waals surface area contributed by atoms with Gasteiger partial charge in [0.1, 0.15) is 0 Å². The number of benzene rings is 1. The highest BCUT2D eigenvalue weighted by Crippen LogP contribution is 2.13. The Morgan fingerprint density at radius 2 is 1.82 bits per heavy atom. The molecule has 0 amide bonds. The van der Waals surface area contributed by atoms with E-state index in [1.165, 1.54) is 0 Å². The second kappa shape index (κ2) is 6.39. The molecule has 2 atom stereocenters. The molecule has 1 aromatic rings. The number of rotatable bonds is 5. The van der Waals surface area contributed by atoms with Crippen LogP contribution < -0.4 is 5.32 Å². The summed E-state index contributed by atoms with van der Waals surface area (Å²) in [7, 11) is 0. The lowest BCUT2D eigenvalue weighted by atomic mass is 10.0. The molecule has 0 radical (unpaired) electrons. The third-order valence-corrected chi connectivity index (χ3v) is 2.94. The lowest BCUT2D eigenvalue weighted by Crippen LogP contribution is -2.32. The van der Waals surface area contributed by atoms with Gasteiger partial charge < -0.3 is 10.4 Å². The zero-order chi connectivity index (χ0) is 12.8. The van der Waals surface area contributed by atoms with Crippen molar-refractivity contribution in [3.05, 3.63) is 35.4 Å². The fourth-order valence-corrected chi connectivity index (χ4v) is 1.50. The second-order valence-corrected chi connectivity index (χ2v) is 4.68. The monoisotopic (exact) mass is 232 g/mol. The van der Waals surface area contributed by atoms with Gasteiger partial charge in [0.25, 0.3) is 0 Å². The average molecular weight is 232 g/mol. The Morgan fingerprint density at radius 1 is 1.24 bits per heavy atom. The van der Waals surface area contributed by atoms with Gasteiger partial charge in [0.05, 0.1) is 17.7 Å². The van der Waals surface area contributed by atoms with E-state index in [-0.39, 0.29) is 18.1 Å². The first-order chi connectivity index (χ1) is 8.04. The molecular weight excluding hydrogens is 212 g/mol. The van der Waals surface area contributed by atoms with Crippen molar-refractivity contribution in [2.75, 3.05) is 6.54 Å². The smallest absolute Gasteiger partial charge is 0.0991 e. The fourth-order valence-electron chi connectivity index (χ4n) is 1.50. The van der Waals surface area contributed by atoms with Gasteiger partial charge in [-0.3, -0.25) is 0 Å². The Bertz CT molecular complexity index is 378. The molecule has 0 spiro atoms. The normalized spacial score (nSPS) is 14.4. The summed E-state index contributed by atoms with van der Waals surface area (Å²) in [5, 5.41) is 21.7. The number of nitrogens with zero attached hydrogens (tertiary/aromatic N) is 1. The van der Waals surface area contributed by atoms with Gasteiger partial charge in [-0.25, -0.2) is 0 Å². The van der Waals surface area contributed by atoms with Gasteiger partial charge in [-0.1, -0.05) is 26.0 Å². The maximum absolute atomic E-state index is 9.70. The first kappa shape index (κ1) is 13.7. The van der Waals surface area contributed by atoms with Gasteiger partial charge in [-0.2, -0.15) is 5.26 Å². The summed E-state index contributed by atoms with van der Waals surface area (Å²) < 4.78 is 0. The molecule has 17 heavy (non-hydrogen) atoms. The van der Waals surface area contributed by atoms with Crippen molar-refractivity contribution in [1.82, 2.24) is 5.32 Å². The summed E-state index contributed by atoms with van der Waals surface area (Å²) >= 11 is 0. The van der Waals surface area contributed by atoms with Crippen molar-refractivity contribution in [2.24, 2.45) is 5.92 Å². The third kappa shape index (κ3) is 4.18. The highest BCUT2D eigenvalue weighted by molar-refractivity contribution is 5.32.